The van der Waals surface area contributed by atoms with E-state index < -0.39 is 0 Å². The van der Waals surface area contributed by atoms with Gasteiger partial charge in [-0.25, -0.2) is 4.39 Å². The maximum absolute atomic E-state index is 14.0. The molecule has 4 rings (SSSR count). The lowest BCUT2D eigenvalue weighted by atomic mass is 10.2. The summed E-state index contributed by atoms with van der Waals surface area (Å²) in [6.07, 6.45) is 0.826. The van der Waals surface area contributed by atoms with Crippen LogP contribution in [-0.4, -0.2) is 28.0 Å². The summed E-state index contributed by atoms with van der Waals surface area (Å²) < 4.78 is 27.2. The molecular formula is C19H17ClFN3O2S. The first-order valence-electron chi connectivity index (χ1n) is 8.48. The van der Waals surface area contributed by atoms with Gasteiger partial charge in [-0.05, 0) is 29.8 Å². The van der Waals surface area contributed by atoms with E-state index in [0.717, 1.165) is 12.0 Å². The summed E-state index contributed by atoms with van der Waals surface area (Å²) in [4.78, 5) is 0. The fraction of sp³-hybridized carbons (Fsp3) is 0.263. The number of thioether (sulfide) groups is 1. The topological polar surface area (TPSA) is 49.2 Å². The Morgan fingerprint density at radius 2 is 2.00 bits per heavy atom. The van der Waals surface area contributed by atoms with Crippen LogP contribution in [0.3, 0.4) is 0 Å². The molecule has 27 heavy (non-hydrogen) atoms. The number of benzene rings is 2. The van der Waals surface area contributed by atoms with Gasteiger partial charge in [0.15, 0.2) is 22.5 Å². The molecule has 3 aromatic rings. The third-order valence-corrected chi connectivity index (χ3v) is 5.55. The van der Waals surface area contributed by atoms with Crippen molar-refractivity contribution in [1.29, 1.82) is 0 Å². The average molecular weight is 406 g/mol. The normalized spacial score (nSPS) is 13.4. The Morgan fingerprint density at radius 1 is 1.19 bits per heavy atom. The van der Waals surface area contributed by atoms with E-state index in [0.29, 0.717) is 52.0 Å². The maximum Gasteiger partial charge on any atom is 0.191 e. The fourth-order valence-corrected chi connectivity index (χ4v) is 3.96. The summed E-state index contributed by atoms with van der Waals surface area (Å²) in [5.41, 5.74) is 1.42. The van der Waals surface area contributed by atoms with Crippen LogP contribution >= 0.6 is 23.4 Å². The van der Waals surface area contributed by atoms with Crippen molar-refractivity contribution < 1.29 is 13.9 Å². The molecule has 0 radical (unpaired) electrons. The Morgan fingerprint density at radius 3 is 2.85 bits per heavy atom. The predicted octanol–water partition coefficient (Wildman–Crippen LogP) is 4.73. The standard InChI is InChI=1S/C19H17ClFN3O2S/c1-24-18(13-5-2-3-6-15(13)21)22-23-19(24)27-11-12-9-14(20)17-16(10-12)25-7-4-8-26-17/h2-3,5-6,9-10H,4,7-8,11H2,1H3. The van der Waals surface area contributed by atoms with Gasteiger partial charge in [-0.15, -0.1) is 10.2 Å². The van der Waals surface area contributed by atoms with Gasteiger partial charge in [0.05, 0.1) is 23.8 Å². The maximum atomic E-state index is 14.0. The summed E-state index contributed by atoms with van der Waals surface area (Å²) in [5, 5.41) is 9.56. The van der Waals surface area contributed by atoms with E-state index in [1.54, 1.807) is 22.8 Å². The van der Waals surface area contributed by atoms with Gasteiger partial charge >= 0.3 is 0 Å². The molecule has 0 amide bonds. The highest BCUT2D eigenvalue weighted by Crippen LogP contribution is 2.39. The Balaban J connectivity index is 1.54. The molecule has 0 spiro atoms. The first kappa shape index (κ1) is 18.1. The number of hydrogen-bond acceptors (Lipinski definition) is 5. The highest BCUT2D eigenvalue weighted by molar-refractivity contribution is 7.98. The molecule has 0 unspecified atom stereocenters. The van der Waals surface area contributed by atoms with E-state index in [1.165, 1.54) is 17.8 Å². The zero-order chi connectivity index (χ0) is 18.8. The number of ether oxygens (including phenoxy) is 2. The highest BCUT2D eigenvalue weighted by Gasteiger charge is 2.17. The molecule has 8 heteroatoms. The predicted molar refractivity (Wildman–Crippen MR) is 103 cm³/mol. The molecule has 0 saturated carbocycles. The van der Waals surface area contributed by atoms with E-state index >= 15 is 0 Å². The van der Waals surface area contributed by atoms with Crippen LogP contribution in [-0.2, 0) is 12.8 Å². The van der Waals surface area contributed by atoms with Crippen molar-refractivity contribution in [2.75, 3.05) is 13.2 Å². The Bertz CT molecular complexity index is 980. The molecule has 1 aliphatic heterocycles. The summed E-state index contributed by atoms with van der Waals surface area (Å²) in [7, 11) is 1.82. The second-order valence-corrected chi connectivity index (χ2v) is 7.44. The largest absolute Gasteiger partial charge is 0.489 e. The molecule has 1 aliphatic rings. The van der Waals surface area contributed by atoms with Gasteiger partial charge in [0.2, 0.25) is 0 Å². The van der Waals surface area contributed by atoms with Gasteiger partial charge in [0.25, 0.3) is 0 Å². The van der Waals surface area contributed by atoms with Gasteiger partial charge in [-0.1, -0.05) is 35.5 Å². The minimum absolute atomic E-state index is 0.320. The van der Waals surface area contributed by atoms with E-state index in [1.807, 2.05) is 19.2 Å². The number of halogens is 2. The number of fused-ring (bicyclic) bond motifs is 1. The minimum Gasteiger partial charge on any atom is -0.489 e. The van der Waals surface area contributed by atoms with Crippen molar-refractivity contribution >= 4 is 23.4 Å². The summed E-state index contributed by atoms with van der Waals surface area (Å²) >= 11 is 7.84. The SMILES string of the molecule is Cn1c(SCc2cc(Cl)c3c(c2)OCCCO3)nnc1-c1ccccc1F. The van der Waals surface area contributed by atoms with Crippen LogP contribution < -0.4 is 9.47 Å². The first-order chi connectivity index (χ1) is 13.1. The van der Waals surface area contributed by atoms with E-state index in [4.69, 9.17) is 21.1 Å². The smallest absolute Gasteiger partial charge is 0.191 e. The van der Waals surface area contributed by atoms with Crippen molar-refractivity contribution in [3.63, 3.8) is 0 Å². The van der Waals surface area contributed by atoms with E-state index in [-0.39, 0.29) is 5.82 Å². The molecule has 140 valence electrons. The van der Waals surface area contributed by atoms with Crippen LogP contribution in [0.5, 0.6) is 11.5 Å². The summed E-state index contributed by atoms with van der Waals surface area (Å²) in [6, 6.07) is 10.3. The summed E-state index contributed by atoms with van der Waals surface area (Å²) in [5.74, 6) is 2.06. The lowest BCUT2D eigenvalue weighted by Crippen LogP contribution is -1.97. The zero-order valence-electron chi connectivity index (χ0n) is 14.6. The van der Waals surface area contributed by atoms with E-state index in [2.05, 4.69) is 10.2 Å². The second-order valence-electron chi connectivity index (χ2n) is 6.09. The fourth-order valence-electron chi connectivity index (χ4n) is 2.83. The Kier molecular flexibility index (Phi) is 5.22. The van der Waals surface area contributed by atoms with Crippen LogP contribution in [0.15, 0.2) is 41.6 Å². The first-order valence-corrected chi connectivity index (χ1v) is 9.85. The third-order valence-electron chi connectivity index (χ3n) is 4.18. The van der Waals surface area contributed by atoms with Crippen molar-refractivity contribution in [2.24, 2.45) is 7.05 Å². The molecule has 1 aromatic heterocycles. The van der Waals surface area contributed by atoms with Crippen LogP contribution in [0.1, 0.15) is 12.0 Å². The van der Waals surface area contributed by atoms with Crippen molar-refractivity contribution in [3.05, 3.63) is 52.8 Å². The third kappa shape index (κ3) is 3.75. The number of hydrogen-bond donors (Lipinski definition) is 0. The van der Waals surface area contributed by atoms with E-state index in [9.17, 15) is 4.39 Å². The second kappa shape index (κ2) is 7.78. The lowest BCUT2D eigenvalue weighted by Gasteiger charge is -2.11. The lowest BCUT2D eigenvalue weighted by molar-refractivity contribution is 0.297. The molecule has 5 nitrogen and oxygen atoms in total. The highest BCUT2D eigenvalue weighted by atomic mass is 35.5. The van der Waals surface area contributed by atoms with Crippen molar-refractivity contribution in [2.45, 2.75) is 17.3 Å². The van der Waals surface area contributed by atoms with Crippen molar-refractivity contribution in [3.8, 4) is 22.9 Å². The monoisotopic (exact) mass is 405 g/mol. The molecule has 0 N–H and O–H groups in total. The zero-order valence-corrected chi connectivity index (χ0v) is 16.2. The molecule has 0 aliphatic carbocycles. The van der Waals surface area contributed by atoms with Gasteiger partial charge < -0.3 is 14.0 Å². The number of rotatable bonds is 4. The molecule has 0 fully saturated rings. The minimum atomic E-state index is -0.320. The Hall–Kier alpha value is -2.25. The molecule has 0 atom stereocenters. The molecule has 2 aromatic carbocycles. The van der Waals surface area contributed by atoms with Gasteiger partial charge in [-0.3, -0.25) is 0 Å². The van der Waals surface area contributed by atoms with Gasteiger partial charge in [0, 0.05) is 19.2 Å². The number of aromatic nitrogens is 3. The average Bonchev–Trinajstić information content (AvgIpc) is 2.87. The number of nitrogens with zero attached hydrogens (tertiary/aromatic N) is 3. The Labute approximate surface area is 165 Å². The van der Waals surface area contributed by atoms with Crippen LogP contribution in [0, 0.1) is 5.82 Å². The van der Waals surface area contributed by atoms with Crippen LogP contribution in [0.25, 0.3) is 11.4 Å². The van der Waals surface area contributed by atoms with Gasteiger partial charge in [-0.2, -0.15) is 0 Å². The molecule has 2 heterocycles. The van der Waals surface area contributed by atoms with Crippen LogP contribution in [0.4, 0.5) is 4.39 Å². The molecular weight excluding hydrogens is 389 g/mol. The molecule has 0 saturated heterocycles. The molecule has 0 bridgehead atoms. The summed E-state index contributed by atoms with van der Waals surface area (Å²) in [6.45, 7) is 1.20. The van der Waals surface area contributed by atoms with Crippen LogP contribution in [0.2, 0.25) is 5.02 Å². The van der Waals surface area contributed by atoms with Gasteiger partial charge in [0.1, 0.15) is 5.82 Å². The quantitative estimate of drug-likeness (QED) is 0.587. The van der Waals surface area contributed by atoms with Crippen molar-refractivity contribution in [1.82, 2.24) is 14.8 Å².